The summed E-state index contributed by atoms with van der Waals surface area (Å²) in [5.41, 5.74) is 0. The Labute approximate surface area is 115 Å². The number of carbonyl (C=O) groups excluding carboxylic acids is 1. The minimum Gasteiger partial charge on any atom is -0.465 e. The average Bonchev–Trinajstić information content (AvgIpc) is 2.17. The van der Waals surface area contributed by atoms with Gasteiger partial charge in [0.1, 0.15) is 0 Å². The van der Waals surface area contributed by atoms with Gasteiger partial charge in [-0.05, 0) is 12.3 Å². The maximum absolute atomic E-state index is 10.8. The molecule has 0 aromatic carbocycles. The van der Waals surface area contributed by atoms with Gasteiger partial charge in [-0.1, -0.05) is 33.1 Å². The summed E-state index contributed by atoms with van der Waals surface area (Å²) in [7, 11) is 0. The van der Waals surface area contributed by atoms with Crippen LogP contribution in [0.2, 0.25) is 0 Å². The molecular formula is C10H20NaO2S+. The van der Waals surface area contributed by atoms with E-state index < -0.39 is 0 Å². The molecule has 0 bridgehead atoms. The summed E-state index contributed by atoms with van der Waals surface area (Å²) < 4.78 is 5.03. The Kier molecular flexibility index (Phi) is 14.6. The summed E-state index contributed by atoms with van der Waals surface area (Å²) in [5, 5.41) is 0. The van der Waals surface area contributed by atoms with Crippen LogP contribution in [0.1, 0.15) is 39.5 Å². The van der Waals surface area contributed by atoms with Gasteiger partial charge in [-0.15, -0.1) is 0 Å². The number of rotatable bonds is 7. The molecule has 2 nitrogen and oxygen atoms in total. The van der Waals surface area contributed by atoms with Crippen molar-refractivity contribution in [1.29, 1.82) is 0 Å². The minimum absolute atomic E-state index is 0. The van der Waals surface area contributed by atoms with Crippen molar-refractivity contribution in [2.75, 3.05) is 12.4 Å². The Morgan fingerprint density at radius 1 is 1.43 bits per heavy atom. The molecule has 0 saturated carbocycles. The Bertz CT molecular complexity index is 142. The third-order valence-corrected chi connectivity index (χ3v) is 2.41. The first-order chi connectivity index (χ1) is 6.24. The standard InChI is InChI=1S/C10H20O2S.Na/c1-3-5-6-9(4-2)7-12-10(11)8-13;/h9,13H,3-8H2,1-2H3;/q;+1. The van der Waals surface area contributed by atoms with Crippen molar-refractivity contribution >= 4 is 18.6 Å². The number of unbranched alkanes of at least 4 members (excludes halogenated alkanes) is 1. The zero-order valence-electron chi connectivity index (χ0n) is 9.58. The Balaban J connectivity index is 0. The van der Waals surface area contributed by atoms with Gasteiger partial charge in [-0.3, -0.25) is 4.79 Å². The Morgan fingerprint density at radius 3 is 2.50 bits per heavy atom. The van der Waals surface area contributed by atoms with Gasteiger partial charge in [0, 0.05) is 0 Å². The second-order valence-corrected chi connectivity index (χ2v) is 3.57. The molecule has 4 heteroatoms. The summed E-state index contributed by atoms with van der Waals surface area (Å²) >= 11 is 3.84. The molecule has 0 aromatic rings. The van der Waals surface area contributed by atoms with Crippen LogP contribution in [0.15, 0.2) is 0 Å². The fourth-order valence-corrected chi connectivity index (χ4v) is 1.25. The smallest absolute Gasteiger partial charge is 0.465 e. The van der Waals surface area contributed by atoms with Crippen LogP contribution >= 0.6 is 12.6 Å². The second kappa shape index (κ2) is 11.9. The summed E-state index contributed by atoms with van der Waals surface area (Å²) in [6.07, 6.45) is 4.67. The van der Waals surface area contributed by atoms with E-state index in [-0.39, 0.29) is 41.3 Å². The third-order valence-electron chi connectivity index (χ3n) is 2.15. The van der Waals surface area contributed by atoms with Crippen LogP contribution in [0.3, 0.4) is 0 Å². The van der Waals surface area contributed by atoms with Crippen LogP contribution in [-0.4, -0.2) is 18.3 Å². The van der Waals surface area contributed by atoms with Crippen LogP contribution in [0.25, 0.3) is 0 Å². The van der Waals surface area contributed by atoms with Gasteiger partial charge < -0.3 is 4.74 Å². The summed E-state index contributed by atoms with van der Waals surface area (Å²) in [6, 6.07) is 0. The van der Waals surface area contributed by atoms with Gasteiger partial charge in [-0.25, -0.2) is 0 Å². The molecule has 0 aromatic heterocycles. The van der Waals surface area contributed by atoms with Gasteiger partial charge in [0.15, 0.2) is 0 Å². The average molecular weight is 227 g/mol. The molecule has 0 rings (SSSR count). The van der Waals surface area contributed by atoms with Gasteiger partial charge in [0.2, 0.25) is 0 Å². The number of carbonyl (C=O) groups is 1. The first kappa shape index (κ1) is 17.2. The Hall–Kier alpha value is 0.820. The molecule has 1 unspecified atom stereocenters. The molecule has 0 aliphatic heterocycles. The molecule has 1 atom stereocenters. The first-order valence-electron chi connectivity index (χ1n) is 5.01. The molecule has 0 radical (unpaired) electrons. The fourth-order valence-electron chi connectivity index (χ4n) is 1.15. The van der Waals surface area contributed by atoms with E-state index in [1.54, 1.807) is 0 Å². The topological polar surface area (TPSA) is 26.3 Å². The van der Waals surface area contributed by atoms with Gasteiger partial charge in [-0.2, -0.15) is 12.6 Å². The quantitative estimate of drug-likeness (QED) is 0.366. The number of hydrogen-bond donors (Lipinski definition) is 1. The fraction of sp³-hybridized carbons (Fsp3) is 0.900. The molecule has 14 heavy (non-hydrogen) atoms. The predicted molar refractivity (Wildman–Crippen MR) is 58.1 cm³/mol. The van der Waals surface area contributed by atoms with Crippen molar-refractivity contribution < 1.29 is 39.1 Å². The maximum atomic E-state index is 10.8. The number of hydrogen-bond acceptors (Lipinski definition) is 3. The minimum atomic E-state index is -0.210. The van der Waals surface area contributed by atoms with Crippen molar-refractivity contribution in [2.45, 2.75) is 39.5 Å². The van der Waals surface area contributed by atoms with Crippen molar-refractivity contribution in [3.05, 3.63) is 0 Å². The van der Waals surface area contributed by atoms with Crippen LogP contribution in [-0.2, 0) is 9.53 Å². The van der Waals surface area contributed by atoms with Crippen molar-refractivity contribution in [3.63, 3.8) is 0 Å². The van der Waals surface area contributed by atoms with E-state index >= 15 is 0 Å². The van der Waals surface area contributed by atoms with Crippen LogP contribution < -0.4 is 29.6 Å². The Morgan fingerprint density at radius 2 is 2.07 bits per heavy atom. The van der Waals surface area contributed by atoms with E-state index in [0.29, 0.717) is 12.5 Å². The second-order valence-electron chi connectivity index (χ2n) is 3.26. The predicted octanol–water partition coefficient (Wildman–Crippen LogP) is -0.320. The molecule has 78 valence electrons. The van der Waals surface area contributed by atoms with Crippen LogP contribution in [0, 0.1) is 5.92 Å². The summed E-state index contributed by atoms with van der Waals surface area (Å²) in [4.78, 5) is 10.8. The van der Waals surface area contributed by atoms with Crippen LogP contribution in [0.4, 0.5) is 0 Å². The zero-order chi connectivity index (χ0) is 10.1. The zero-order valence-corrected chi connectivity index (χ0v) is 12.5. The van der Waals surface area contributed by atoms with E-state index in [2.05, 4.69) is 26.5 Å². The molecular weight excluding hydrogens is 207 g/mol. The normalized spacial score (nSPS) is 11.6. The van der Waals surface area contributed by atoms with E-state index in [1.807, 2.05) is 0 Å². The first-order valence-corrected chi connectivity index (χ1v) is 5.64. The number of thiol groups is 1. The molecule has 0 N–H and O–H groups in total. The third kappa shape index (κ3) is 9.38. The maximum Gasteiger partial charge on any atom is 1.00 e. The molecule has 0 amide bonds. The molecule has 0 heterocycles. The van der Waals surface area contributed by atoms with Crippen LogP contribution in [0.5, 0.6) is 0 Å². The monoisotopic (exact) mass is 227 g/mol. The summed E-state index contributed by atoms with van der Waals surface area (Å²) in [5.74, 6) is 0.506. The number of esters is 1. The van der Waals surface area contributed by atoms with Gasteiger partial charge in [0.25, 0.3) is 0 Å². The van der Waals surface area contributed by atoms with Crippen molar-refractivity contribution in [3.8, 4) is 0 Å². The summed E-state index contributed by atoms with van der Waals surface area (Å²) in [6.45, 7) is 4.87. The van der Waals surface area contributed by atoms with Crippen molar-refractivity contribution in [1.82, 2.24) is 0 Å². The van der Waals surface area contributed by atoms with Gasteiger partial charge >= 0.3 is 35.5 Å². The molecule has 0 spiro atoms. The van der Waals surface area contributed by atoms with E-state index in [4.69, 9.17) is 4.74 Å². The van der Waals surface area contributed by atoms with Gasteiger partial charge in [0.05, 0.1) is 12.4 Å². The van der Waals surface area contributed by atoms with E-state index in [1.165, 1.54) is 12.8 Å². The largest absolute Gasteiger partial charge is 1.00 e. The van der Waals surface area contributed by atoms with E-state index in [9.17, 15) is 4.79 Å². The van der Waals surface area contributed by atoms with E-state index in [0.717, 1.165) is 12.8 Å². The molecule has 0 saturated heterocycles. The molecule has 0 aliphatic rings. The SMILES string of the molecule is CCCCC(CC)COC(=O)CS.[Na+]. The molecule has 0 fully saturated rings. The number of ether oxygens (including phenoxy) is 1. The van der Waals surface area contributed by atoms with Crippen molar-refractivity contribution in [2.24, 2.45) is 5.92 Å². The molecule has 0 aliphatic carbocycles.